The summed E-state index contributed by atoms with van der Waals surface area (Å²) in [5, 5.41) is 2.94. The number of methoxy groups -OCH3 is 1. The Bertz CT molecular complexity index is 990. The number of ether oxygens (including phenoxy) is 1. The highest BCUT2D eigenvalue weighted by molar-refractivity contribution is 5.95. The van der Waals surface area contributed by atoms with Crippen LogP contribution in [0.3, 0.4) is 0 Å². The molecule has 0 aromatic heterocycles. The molecular weight excluding hydrogens is 411 g/mol. The summed E-state index contributed by atoms with van der Waals surface area (Å²) >= 11 is 0. The molecule has 7 heteroatoms. The number of amides is 2. The molecule has 1 N–H and O–H groups in total. The SMILES string of the molecule is CCC(=O)NCC1CCC(N(C)C(=O)c2ccc(-c3ccc(C(=O)OC)c(F)c3)cc2)C1. The van der Waals surface area contributed by atoms with Crippen molar-refractivity contribution < 1.29 is 23.5 Å². The molecular formula is C25H29FN2O4. The van der Waals surface area contributed by atoms with E-state index in [1.54, 1.807) is 35.2 Å². The maximum atomic E-state index is 14.2. The van der Waals surface area contributed by atoms with Gasteiger partial charge in [0.15, 0.2) is 0 Å². The number of nitrogens with zero attached hydrogens (tertiary/aromatic N) is 1. The lowest BCUT2D eigenvalue weighted by atomic mass is 10.0. The predicted octanol–water partition coefficient (Wildman–Crippen LogP) is 4.05. The van der Waals surface area contributed by atoms with Crippen molar-refractivity contribution in [2.75, 3.05) is 20.7 Å². The summed E-state index contributed by atoms with van der Waals surface area (Å²) in [7, 11) is 3.02. The van der Waals surface area contributed by atoms with E-state index in [-0.39, 0.29) is 23.4 Å². The van der Waals surface area contributed by atoms with Crippen LogP contribution in [0, 0.1) is 11.7 Å². The van der Waals surface area contributed by atoms with Gasteiger partial charge in [-0.05, 0) is 60.6 Å². The van der Waals surface area contributed by atoms with Gasteiger partial charge in [0, 0.05) is 31.6 Å². The largest absolute Gasteiger partial charge is 0.465 e. The van der Waals surface area contributed by atoms with Crippen LogP contribution >= 0.6 is 0 Å². The minimum absolute atomic E-state index is 0.0535. The van der Waals surface area contributed by atoms with Gasteiger partial charge >= 0.3 is 5.97 Å². The quantitative estimate of drug-likeness (QED) is 0.659. The summed E-state index contributed by atoms with van der Waals surface area (Å²) < 4.78 is 18.8. The van der Waals surface area contributed by atoms with Crippen LogP contribution in [-0.2, 0) is 9.53 Å². The van der Waals surface area contributed by atoms with Gasteiger partial charge in [-0.15, -0.1) is 0 Å². The second-order valence-electron chi connectivity index (χ2n) is 8.17. The van der Waals surface area contributed by atoms with Crippen LogP contribution in [0.2, 0.25) is 0 Å². The van der Waals surface area contributed by atoms with E-state index in [0.29, 0.717) is 30.0 Å². The fourth-order valence-corrected chi connectivity index (χ4v) is 4.11. The summed E-state index contributed by atoms with van der Waals surface area (Å²) in [6.07, 6.45) is 3.25. The Hall–Kier alpha value is -3.22. The molecule has 2 aromatic carbocycles. The summed E-state index contributed by atoms with van der Waals surface area (Å²) in [5.41, 5.74) is 1.79. The zero-order valence-electron chi connectivity index (χ0n) is 18.7. The minimum atomic E-state index is -0.722. The Morgan fingerprint density at radius 3 is 2.41 bits per heavy atom. The number of carbonyl (C=O) groups is 3. The van der Waals surface area contributed by atoms with Crippen LogP contribution in [0.4, 0.5) is 4.39 Å². The van der Waals surface area contributed by atoms with E-state index < -0.39 is 11.8 Å². The van der Waals surface area contributed by atoms with Gasteiger partial charge in [0.2, 0.25) is 5.91 Å². The molecule has 0 radical (unpaired) electrons. The van der Waals surface area contributed by atoms with Crippen molar-refractivity contribution in [3.8, 4) is 11.1 Å². The summed E-state index contributed by atoms with van der Waals surface area (Å²) in [6, 6.07) is 11.5. The summed E-state index contributed by atoms with van der Waals surface area (Å²) in [5.74, 6) is -0.999. The van der Waals surface area contributed by atoms with Gasteiger partial charge in [-0.2, -0.15) is 0 Å². The highest BCUT2D eigenvalue weighted by Crippen LogP contribution is 2.29. The first-order chi connectivity index (χ1) is 15.3. The van der Waals surface area contributed by atoms with Gasteiger partial charge in [-0.1, -0.05) is 25.1 Å². The molecule has 0 spiro atoms. The average Bonchev–Trinajstić information content (AvgIpc) is 3.30. The number of hydrogen-bond donors (Lipinski definition) is 1. The van der Waals surface area contributed by atoms with Gasteiger partial charge in [0.1, 0.15) is 5.82 Å². The van der Waals surface area contributed by atoms with Crippen molar-refractivity contribution in [1.29, 1.82) is 0 Å². The molecule has 3 rings (SSSR count). The van der Waals surface area contributed by atoms with Crippen LogP contribution in [0.15, 0.2) is 42.5 Å². The zero-order chi connectivity index (χ0) is 23.3. The first kappa shape index (κ1) is 23.4. The van der Waals surface area contributed by atoms with Crippen molar-refractivity contribution >= 4 is 17.8 Å². The molecule has 1 saturated carbocycles. The fraction of sp³-hybridized carbons (Fsp3) is 0.400. The molecule has 0 bridgehead atoms. The van der Waals surface area contributed by atoms with Crippen molar-refractivity contribution in [2.45, 2.75) is 38.6 Å². The van der Waals surface area contributed by atoms with Gasteiger partial charge in [0.05, 0.1) is 12.7 Å². The number of rotatable bonds is 7. The maximum absolute atomic E-state index is 14.2. The molecule has 2 unspecified atom stereocenters. The molecule has 6 nitrogen and oxygen atoms in total. The van der Waals surface area contributed by atoms with E-state index in [1.807, 2.05) is 14.0 Å². The standard InChI is InChI=1S/C25H29FN2O4/c1-4-23(29)27-15-16-5-11-20(13-16)28(2)24(30)18-8-6-17(7-9-18)19-10-12-21(22(26)14-19)25(31)32-3/h6-10,12,14,16,20H,4-5,11,13,15H2,1-3H3,(H,27,29). The molecule has 1 aliphatic carbocycles. The van der Waals surface area contributed by atoms with Crippen LogP contribution < -0.4 is 5.32 Å². The number of esters is 1. The third-order valence-electron chi connectivity index (χ3n) is 6.13. The second-order valence-corrected chi connectivity index (χ2v) is 8.17. The number of benzene rings is 2. The maximum Gasteiger partial charge on any atom is 0.340 e. The third-order valence-corrected chi connectivity index (χ3v) is 6.13. The van der Waals surface area contributed by atoms with Gasteiger partial charge in [-0.25, -0.2) is 9.18 Å². The lowest BCUT2D eigenvalue weighted by Gasteiger charge is -2.25. The Morgan fingerprint density at radius 2 is 1.78 bits per heavy atom. The van der Waals surface area contributed by atoms with Crippen LogP contribution in [0.1, 0.15) is 53.3 Å². The van der Waals surface area contributed by atoms with Crippen LogP contribution in [0.25, 0.3) is 11.1 Å². The van der Waals surface area contributed by atoms with Gasteiger partial charge in [0.25, 0.3) is 5.91 Å². The van der Waals surface area contributed by atoms with Crippen LogP contribution in [-0.4, -0.2) is 49.4 Å². The van der Waals surface area contributed by atoms with Crippen molar-refractivity contribution in [2.24, 2.45) is 5.92 Å². The van der Waals surface area contributed by atoms with E-state index in [0.717, 1.165) is 24.8 Å². The number of halogens is 1. The van der Waals surface area contributed by atoms with Crippen molar-refractivity contribution in [3.63, 3.8) is 0 Å². The Labute approximate surface area is 187 Å². The topological polar surface area (TPSA) is 75.7 Å². The van der Waals surface area contributed by atoms with E-state index in [1.165, 1.54) is 19.2 Å². The van der Waals surface area contributed by atoms with E-state index in [4.69, 9.17) is 0 Å². The van der Waals surface area contributed by atoms with Crippen molar-refractivity contribution in [3.05, 3.63) is 59.4 Å². The van der Waals surface area contributed by atoms with Gasteiger partial charge in [-0.3, -0.25) is 9.59 Å². The first-order valence-corrected chi connectivity index (χ1v) is 10.9. The van der Waals surface area contributed by atoms with Crippen molar-refractivity contribution in [1.82, 2.24) is 10.2 Å². The molecule has 0 saturated heterocycles. The van der Waals surface area contributed by atoms with E-state index in [9.17, 15) is 18.8 Å². The number of carbonyl (C=O) groups excluding carboxylic acids is 3. The predicted molar refractivity (Wildman–Crippen MR) is 120 cm³/mol. The molecule has 0 aliphatic heterocycles. The van der Waals surface area contributed by atoms with E-state index in [2.05, 4.69) is 10.1 Å². The Balaban J connectivity index is 1.63. The highest BCUT2D eigenvalue weighted by atomic mass is 19.1. The fourth-order valence-electron chi connectivity index (χ4n) is 4.11. The van der Waals surface area contributed by atoms with E-state index >= 15 is 0 Å². The number of hydrogen-bond acceptors (Lipinski definition) is 4. The van der Waals surface area contributed by atoms with Crippen LogP contribution in [0.5, 0.6) is 0 Å². The lowest BCUT2D eigenvalue weighted by Crippen LogP contribution is -2.36. The smallest absolute Gasteiger partial charge is 0.340 e. The zero-order valence-corrected chi connectivity index (χ0v) is 18.7. The minimum Gasteiger partial charge on any atom is -0.465 e. The molecule has 170 valence electrons. The molecule has 1 fully saturated rings. The Morgan fingerprint density at radius 1 is 1.09 bits per heavy atom. The summed E-state index contributed by atoms with van der Waals surface area (Å²) in [4.78, 5) is 37.8. The Kier molecular flexibility index (Phi) is 7.62. The number of nitrogens with one attached hydrogen (secondary N) is 1. The molecule has 0 heterocycles. The molecule has 32 heavy (non-hydrogen) atoms. The lowest BCUT2D eigenvalue weighted by molar-refractivity contribution is -0.120. The molecule has 1 aliphatic rings. The summed E-state index contributed by atoms with van der Waals surface area (Å²) in [6.45, 7) is 2.49. The molecule has 2 amide bonds. The molecule has 2 atom stereocenters. The first-order valence-electron chi connectivity index (χ1n) is 10.9. The second kappa shape index (κ2) is 10.4. The highest BCUT2D eigenvalue weighted by Gasteiger charge is 2.30. The average molecular weight is 441 g/mol. The van der Waals surface area contributed by atoms with Gasteiger partial charge < -0.3 is 15.0 Å². The normalized spacial score (nSPS) is 17.6. The third kappa shape index (κ3) is 5.33. The monoisotopic (exact) mass is 440 g/mol. The molecule has 2 aromatic rings.